The lowest BCUT2D eigenvalue weighted by molar-refractivity contribution is 0.146. The van der Waals surface area contributed by atoms with Crippen molar-refractivity contribution >= 4 is 0 Å². The number of benzene rings is 1. The van der Waals surface area contributed by atoms with E-state index < -0.39 is 6.43 Å². The summed E-state index contributed by atoms with van der Waals surface area (Å²) in [7, 11) is 2.78. The Balaban J connectivity index is 3.10. The van der Waals surface area contributed by atoms with Gasteiger partial charge in [0.05, 0.1) is 19.8 Å². The lowest BCUT2D eigenvalue weighted by Gasteiger charge is -2.08. The van der Waals surface area contributed by atoms with Crippen molar-refractivity contribution in [1.82, 2.24) is 0 Å². The molecule has 0 atom stereocenters. The van der Waals surface area contributed by atoms with E-state index in [0.717, 1.165) is 0 Å². The molecule has 0 amide bonds. The summed E-state index contributed by atoms with van der Waals surface area (Å²) in [5.41, 5.74) is -0.151. The molecular formula is C9H10F2O2. The van der Waals surface area contributed by atoms with Gasteiger partial charge in [-0.1, -0.05) is 0 Å². The molecule has 0 aliphatic heterocycles. The molecule has 0 spiro atoms. The Morgan fingerprint density at radius 1 is 1.15 bits per heavy atom. The van der Waals surface area contributed by atoms with E-state index in [2.05, 4.69) is 0 Å². The Bertz CT molecular complexity index is 287. The standard InChI is InChI=1S/C9H10F2O2/c1-12-6-3-4-8(13-2)7(5-6)9(10)11/h3-5,9H,1-2H3. The number of rotatable bonds is 3. The van der Waals surface area contributed by atoms with Crippen molar-refractivity contribution in [3.8, 4) is 11.5 Å². The van der Waals surface area contributed by atoms with E-state index in [9.17, 15) is 8.78 Å². The summed E-state index contributed by atoms with van der Waals surface area (Å²) < 4.78 is 34.4. The van der Waals surface area contributed by atoms with Crippen LogP contribution in [0, 0.1) is 0 Å². The molecule has 1 rings (SSSR count). The van der Waals surface area contributed by atoms with E-state index in [4.69, 9.17) is 9.47 Å². The summed E-state index contributed by atoms with van der Waals surface area (Å²) in [6.45, 7) is 0. The van der Waals surface area contributed by atoms with Crippen LogP contribution in [0.1, 0.15) is 12.0 Å². The molecule has 0 aliphatic carbocycles. The first-order valence-electron chi connectivity index (χ1n) is 3.69. The maximum atomic E-state index is 12.4. The SMILES string of the molecule is COc1ccc(OC)c(C(F)F)c1. The fourth-order valence-corrected chi connectivity index (χ4v) is 1.01. The topological polar surface area (TPSA) is 18.5 Å². The van der Waals surface area contributed by atoms with E-state index >= 15 is 0 Å². The van der Waals surface area contributed by atoms with Crippen LogP contribution in [0.3, 0.4) is 0 Å². The van der Waals surface area contributed by atoms with Gasteiger partial charge >= 0.3 is 0 Å². The zero-order valence-electron chi connectivity index (χ0n) is 7.38. The molecule has 0 fully saturated rings. The van der Waals surface area contributed by atoms with E-state index in [1.807, 2.05) is 0 Å². The van der Waals surface area contributed by atoms with Crippen molar-refractivity contribution in [3.63, 3.8) is 0 Å². The Hall–Kier alpha value is -1.32. The molecule has 0 aliphatic rings. The minimum Gasteiger partial charge on any atom is -0.497 e. The van der Waals surface area contributed by atoms with E-state index in [1.54, 1.807) is 6.07 Å². The fourth-order valence-electron chi connectivity index (χ4n) is 1.01. The molecule has 72 valence electrons. The molecule has 2 nitrogen and oxygen atoms in total. The number of methoxy groups -OCH3 is 2. The predicted molar refractivity (Wildman–Crippen MR) is 44.5 cm³/mol. The Morgan fingerprint density at radius 3 is 2.31 bits per heavy atom. The molecule has 0 bridgehead atoms. The van der Waals surface area contributed by atoms with Crippen LogP contribution in [0.4, 0.5) is 8.78 Å². The number of hydrogen-bond acceptors (Lipinski definition) is 2. The van der Waals surface area contributed by atoms with Crippen molar-refractivity contribution in [1.29, 1.82) is 0 Å². The van der Waals surface area contributed by atoms with Crippen molar-refractivity contribution < 1.29 is 18.3 Å². The summed E-state index contributed by atoms with van der Waals surface area (Å²) in [6, 6.07) is 4.30. The van der Waals surface area contributed by atoms with Crippen LogP contribution < -0.4 is 9.47 Å². The molecule has 0 heterocycles. The second-order valence-electron chi connectivity index (χ2n) is 2.41. The summed E-state index contributed by atoms with van der Waals surface area (Å²) in [5.74, 6) is 0.576. The zero-order valence-corrected chi connectivity index (χ0v) is 7.38. The van der Waals surface area contributed by atoms with Crippen molar-refractivity contribution in [2.75, 3.05) is 14.2 Å². The van der Waals surface area contributed by atoms with Crippen molar-refractivity contribution in [2.45, 2.75) is 6.43 Å². The third kappa shape index (κ3) is 2.08. The third-order valence-electron chi connectivity index (χ3n) is 1.67. The quantitative estimate of drug-likeness (QED) is 0.725. The van der Waals surface area contributed by atoms with Gasteiger partial charge in [-0.15, -0.1) is 0 Å². The molecule has 1 aromatic carbocycles. The molecule has 13 heavy (non-hydrogen) atoms. The third-order valence-corrected chi connectivity index (χ3v) is 1.67. The molecule has 1 aromatic rings. The Labute approximate surface area is 75.1 Å². The summed E-state index contributed by atoms with van der Waals surface area (Å²) in [5, 5.41) is 0. The minimum atomic E-state index is -2.55. The molecule has 0 saturated carbocycles. The molecular weight excluding hydrogens is 178 g/mol. The fraction of sp³-hybridized carbons (Fsp3) is 0.333. The average Bonchev–Trinajstić information content (AvgIpc) is 2.16. The van der Waals surface area contributed by atoms with Crippen LogP contribution in [0.5, 0.6) is 11.5 Å². The van der Waals surface area contributed by atoms with Crippen molar-refractivity contribution in [2.24, 2.45) is 0 Å². The molecule has 0 aromatic heterocycles. The van der Waals surface area contributed by atoms with Gasteiger partial charge in [0.2, 0.25) is 0 Å². The molecule has 0 unspecified atom stereocenters. The van der Waals surface area contributed by atoms with Gasteiger partial charge in [-0.3, -0.25) is 0 Å². The Morgan fingerprint density at radius 2 is 1.85 bits per heavy atom. The average molecular weight is 188 g/mol. The van der Waals surface area contributed by atoms with Crippen LogP contribution in [0.2, 0.25) is 0 Å². The normalized spacial score (nSPS) is 10.2. The van der Waals surface area contributed by atoms with E-state index in [-0.39, 0.29) is 11.3 Å². The lowest BCUT2D eigenvalue weighted by atomic mass is 10.2. The second-order valence-corrected chi connectivity index (χ2v) is 2.41. The molecule has 0 radical (unpaired) electrons. The highest BCUT2D eigenvalue weighted by Crippen LogP contribution is 2.31. The highest BCUT2D eigenvalue weighted by atomic mass is 19.3. The zero-order chi connectivity index (χ0) is 9.84. The summed E-state index contributed by atoms with van der Waals surface area (Å²) in [4.78, 5) is 0. The smallest absolute Gasteiger partial charge is 0.267 e. The molecule has 0 saturated heterocycles. The van der Waals surface area contributed by atoms with Crippen LogP contribution in [-0.2, 0) is 0 Å². The highest BCUT2D eigenvalue weighted by molar-refractivity contribution is 5.40. The van der Waals surface area contributed by atoms with Crippen LogP contribution in [-0.4, -0.2) is 14.2 Å². The number of ether oxygens (including phenoxy) is 2. The van der Waals surface area contributed by atoms with Crippen LogP contribution >= 0.6 is 0 Å². The first-order chi connectivity index (χ1) is 6.19. The van der Waals surface area contributed by atoms with Crippen LogP contribution in [0.25, 0.3) is 0 Å². The minimum absolute atomic E-state index is 0.151. The van der Waals surface area contributed by atoms with Gasteiger partial charge in [0.1, 0.15) is 11.5 Å². The summed E-state index contributed by atoms with van der Waals surface area (Å²) in [6.07, 6.45) is -2.55. The first kappa shape index (κ1) is 9.77. The first-order valence-corrected chi connectivity index (χ1v) is 3.69. The number of halogens is 2. The maximum absolute atomic E-state index is 12.4. The Kier molecular flexibility index (Phi) is 3.06. The van der Waals surface area contributed by atoms with Gasteiger partial charge in [0.25, 0.3) is 6.43 Å². The van der Waals surface area contributed by atoms with Gasteiger partial charge in [0, 0.05) is 0 Å². The van der Waals surface area contributed by atoms with E-state index in [0.29, 0.717) is 5.75 Å². The molecule has 4 heteroatoms. The number of alkyl halides is 2. The van der Waals surface area contributed by atoms with Gasteiger partial charge in [-0.2, -0.15) is 0 Å². The predicted octanol–water partition coefficient (Wildman–Crippen LogP) is 2.64. The second kappa shape index (κ2) is 4.07. The summed E-state index contributed by atoms with van der Waals surface area (Å²) >= 11 is 0. The molecule has 0 N–H and O–H groups in total. The van der Waals surface area contributed by atoms with Gasteiger partial charge in [-0.05, 0) is 18.2 Å². The van der Waals surface area contributed by atoms with Crippen molar-refractivity contribution in [3.05, 3.63) is 23.8 Å². The van der Waals surface area contributed by atoms with Gasteiger partial charge in [-0.25, -0.2) is 8.78 Å². The van der Waals surface area contributed by atoms with E-state index in [1.165, 1.54) is 26.4 Å². The van der Waals surface area contributed by atoms with Crippen LogP contribution in [0.15, 0.2) is 18.2 Å². The largest absolute Gasteiger partial charge is 0.497 e. The van der Waals surface area contributed by atoms with Gasteiger partial charge in [0.15, 0.2) is 0 Å². The highest BCUT2D eigenvalue weighted by Gasteiger charge is 2.14. The van der Waals surface area contributed by atoms with Gasteiger partial charge < -0.3 is 9.47 Å². The maximum Gasteiger partial charge on any atom is 0.267 e. The number of hydrogen-bond donors (Lipinski definition) is 0. The lowest BCUT2D eigenvalue weighted by Crippen LogP contribution is -1.93. The monoisotopic (exact) mass is 188 g/mol.